The van der Waals surface area contributed by atoms with Gasteiger partial charge in [0.2, 0.25) is 0 Å². The van der Waals surface area contributed by atoms with E-state index < -0.39 is 51.7 Å². The van der Waals surface area contributed by atoms with E-state index in [9.17, 15) is 65.5 Å². The van der Waals surface area contributed by atoms with E-state index in [0.29, 0.717) is 0 Å². The molecule has 0 saturated carbocycles. The van der Waals surface area contributed by atoms with E-state index in [-0.39, 0.29) is 0 Å². The summed E-state index contributed by atoms with van der Waals surface area (Å²) in [5.41, 5.74) is 0. The highest BCUT2D eigenvalue weighted by Crippen LogP contribution is 2.60. The van der Waals surface area contributed by atoms with Crippen LogP contribution in [0.15, 0.2) is 30.6 Å². The van der Waals surface area contributed by atoms with Crippen molar-refractivity contribution in [2.75, 3.05) is 5.75 Å². The van der Waals surface area contributed by atoms with Crippen LogP contribution in [-0.4, -0.2) is 59.5 Å². The van der Waals surface area contributed by atoms with Gasteiger partial charge in [0.05, 0.1) is 0 Å². The molecule has 1 heterocycles. The molecule has 1 aromatic heterocycles. The Labute approximate surface area is 158 Å². The molecule has 0 atom stereocenters. The van der Waals surface area contributed by atoms with Crippen molar-refractivity contribution < 1.29 is 70.0 Å². The van der Waals surface area contributed by atoms with Gasteiger partial charge in [0.15, 0.2) is 0 Å². The number of aromatic nitrogens is 1. The van der Waals surface area contributed by atoms with Gasteiger partial charge < -0.3 is 0 Å². The maximum Gasteiger partial charge on any atom is 0.460 e. The van der Waals surface area contributed by atoms with Gasteiger partial charge in [-0.05, 0) is 12.1 Å². The Morgan fingerprint density at radius 2 is 1.00 bits per heavy atom. The minimum absolute atomic E-state index is 1.75. The Morgan fingerprint density at radius 3 is 1.23 bits per heavy atom. The lowest BCUT2D eigenvalue weighted by atomic mass is 9.94. The lowest BCUT2D eigenvalue weighted by molar-refractivity contribution is -0.438. The van der Waals surface area contributed by atoms with Gasteiger partial charge in [-0.15, -0.1) is 0 Å². The largest absolute Gasteiger partial charge is 0.460 e. The van der Waals surface area contributed by atoms with Crippen molar-refractivity contribution in [2.45, 2.75) is 35.8 Å². The van der Waals surface area contributed by atoms with Crippen molar-refractivity contribution >= 4 is 10.1 Å². The predicted octanol–water partition coefficient (Wildman–Crippen LogP) is 4.69. The molecule has 1 rings (SSSR count). The highest BCUT2D eigenvalue weighted by Gasteiger charge is 2.90. The van der Waals surface area contributed by atoms with Crippen LogP contribution in [0.2, 0.25) is 0 Å². The molecule has 0 aliphatic heterocycles. The molecule has 4 nitrogen and oxygen atoms in total. The maximum atomic E-state index is 12.9. The molecule has 0 bridgehead atoms. The SMILES string of the molecule is O=S(=O)(O)CC(F)(F)C(F)(F)C(F)(F)C(F)(F)C(F)(F)C(F)(F)F.c1ccncc1. The van der Waals surface area contributed by atoms with Gasteiger partial charge in [-0.1, -0.05) is 6.07 Å². The third kappa shape index (κ3) is 5.44. The minimum atomic E-state index is -8.11. The summed E-state index contributed by atoms with van der Waals surface area (Å²) in [5, 5.41) is 0. The molecule has 1 aromatic rings. The van der Waals surface area contributed by atoms with Gasteiger partial charge >= 0.3 is 35.8 Å². The fourth-order valence-electron chi connectivity index (χ4n) is 1.43. The topological polar surface area (TPSA) is 67.3 Å². The molecule has 30 heavy (non-hydrogen) atoms. The van der Waals surface area contributed by atoms with Crippen molar-refractivity contribution in [3.8, 4) is 0 Å². The molecule has 18 heteroatoms. The number of hydrogen-bond donors (Lipinski definition) is 1. The zero-order valence-corrected chi connectivity index (χ0v) is 14.4. The van der Waals surface area contributed by atoms with Crippen LogP contribution in [0.25, 0.3) is 0 Å². The molecule has 0 amide bonds. The molecule has 1 N–H and O–H groups in total. The summed E-state index contributed by atoms with van der Waals surface area (Å²) >= 11 is 0. The van der Waals surface area contributed by atoms with Gasteiger partial charge in [0, 0.05) is 12.4 Å². The Morgan fingerprint density at radius 1 is 0.633 bits per heavy atom. The number of halogens is 13. The van der Waals surface area contributed by atoms with E-state index >= 15 is 0 Å². The van der Waals surface area contributed by atoms with E-state index in [1.807, 2.05) is 18.2 Å². The Kier molecular flexibility index (Phi) is 7.84. The van der Waals surface area contributed by atoms with Gasteiger partial charge in [0.25, 0.3) is 10.1 Å². The summed E-state index contributed by atoms with van der Waals surface area (Å²) in [5.74, 6) is -42.3. The first-order valence-corrected chi connectivity index (χ1v) is 8.32. The molecular weight excluding hydrogens is 485 g/mol. The standard InChI is InChI=1S/C7H3F13O3S.C5H5N/c8-2(9,1-24(21,22)23)3(10,11)4(12,13)5(14,15)6(16,17)7(18,19)20;1-2-4-6-5-3-1/h1H2,(H,21,22,23);1-5H. The summed E-state index contributed by atoms with van der Waals surface area (Å²) in [6.45, 7) is 0. The second-order valence-electron chi connectivity index (χ2n) is 5.25. The van der Waals surface area contributed by atoms with Crippen LogP contribution in [0.1, 0.15) is 0 Å². The second-order valence-corrected chi connectivity index (χ2v) is 6.70. The fraction of sp³-hybridized carbons (Fsp3) is 0.583. The summed E-state index contributed by atoms with van der Waals surface area (Å²) in [7, 11) is -6.25. The molecular formula is C12H8F13NO3S. The Bertz CT molecular complexity index is 767. The average Bonchev–Trinajstić information content (AvgIpc) is 2.53. The predicted molar refractivity (Wildman–Crippen MR) is 71.4 cm³/mol. The minimum Gasteiger partial charge on any atom is -0.285 e. The zero-order valence-electron chi connectivity index (χ0n) is 13.6. The van der Waals surface area contributed by atoms with Crippen LogP contribution >= 0.6 is 0 Å². The molecule has 0 aliphatic carbocycles. The van der Waals surface area contributed by atoms with Crippen LogP contribution in [-0.2, 0) is 10.1 Å². The first-order chi connectivity index (χ1) is 13.0. The van der Waals surface area contributed by atoms with Crippen molar-refractivity contribution in [3.05, 3.63) is 30.6 Å². The highest BCUT2D eigenvalue weighted by molar-refractivity contribution is 7.85. The fourth-order valence-corrected chi connectivity index (χ4v) is 2.07. The van der Waals surface area contributed by atoms with Crippen LogP contribution in [0, 0.1) is 0 Å². The number of nitrogens with zero attached hydrogens (tertiary/aromatic N) is 1. The van der Waals surface area contributed by atoms with E-state index in [1.54, 1.807) is 12.4 Å². The van der Waals surface area contributed by atoms with Crippen molar-refractivity contribution in [2.24, 2.45) is 0 Å². The van der Waals surface area contributed by atoms with E-state index in [0.717, 1.165) is 0 Å². The molecule has 0 radical (unpaired) electrons. The quantitative estimate of drug-likeness (QED) is 0.461. The van der Waals surface area contributed by atoms with Crippen LogP contribution in [0.3, 0.4) is 0 Å². The van der Waals surface area contributed by atoms with Crippen molar-refractivity contribution in [1.29, 1.82) is 0 Å². The molecule has 0 spiro atoms. The summed E-state index contributed by atoms with van der Waals surface area (Å²) < 4.78 is 190. The molecule has 0 unspecified atom stereocenters. The third-order valence-electron chi connectivity index (χ3n) is 2.93. The summed E-state index contributed by atoms with van der Waals surface area (Å²) in [4.78, 5) is 3.78. The first-order valence-electron chi connectivity index (χ1n) is 6.71. The lowest BCUT2D eigenvalue weighted by Gasteiger charge is -2.39. The Balaban J connectivity index is 0.00000118. The normalized spacial score (nSPS) is 14.7. The smallest absolute Gasteiger partial charge is 0.285 e. The van der Waals surface area contributed by atoms with Gasteiger partial charge in [-0.3, -0.25) is 9.54 Å². The second kappa shape index (κ2) is 8.35. The average molecular weight is 493 g/mol. The lowest BCUT2D eigenvalue weighted by Crippen LogP contribution is -2.70. The summed E-state index contributed by atoms with van der Waals surface area (Å²) in [6, 6.07) is 5.72. The van der Waals surface area contributed by atoms with Crippen LogP contribution in [0.5, 0.6) is 0 Å². The van der Waals surface area contributed by atoms with Gasteiger partial charge in [-0.2, -0.15) is 65.5 Å². The number of alkyl halides is 13. The van der Waals surface area contributed by atoms with Crippen LogP contribution in [0.4, 0.5) is 57.1 Å². The first kappa shape index (κ1) is 28.1. The van der Waals surface area contributed by atoms with Crippen molar-refractivity contribution in [1.82, 2.24) is 4.98 Å². The molecule has 0 fully saturated rings. The van der Waals surface area contributed by atoms with Crippen LogP contribution < -0.4 is 0 Å². The third-order valence-corrected chi connectivity index (χ3v) is 3.66. The number of pyridine rings is 1. The number of rotatable bonds is 6. The van der Waals surface area contributed by atoms with E-state index in [1.165, 1.54) is 0 Å². The highest BCUT2D eigenvalue weighted by atomic mass is 32.2. The monoisotopic (exact) mass is 493 g/mol. The zero-order chi connectivity index (χ0) is 24.4. The molecule has 0 saturated heterocycles. The summed E-state index contributed by atoms with van der Waals surface area (Å²) in [6.07, 6.45) is -4.05. The van der Waals surface area contributed by atoms with E-state index in [2.05, 4.69) is 4.98 Å². The molecule has 0 aliphatic rings. The molecule has 176 valence electrons. The Hall–Kier alpha value is -1.85. The number of hydrogen-bond acceptors (Lipinski definition) is 3. The van der Waals surface area contributed by atoms with Crippen molar-refractivity contribution in [3.63, 3.8) is 0 Å². The molecule has 0 aromatic carbocycles. The van der Waals surface area contributed by atoms with Gasteiger partial charge in [-0.25, -0.2) is 0 Å². The van der Waals surface area contributed by atoms with E-state index in [4.69, 9.17) is 4.55 Å². The maximum absolute atomic E-state index is 12.9. The van der Waals surface area contributed by atoms with Gasteiger partial charge in [0.1, 0.15) is 5.75 Å².